The average molecular weight is 150 g/mol. The molecule has 0 fully saturated rings. The lowest BCUT2D eigenvalue weighted by Gasteiger charge is -1.95. The minimum atomic E-state index is 1.22. The summed E-state index contributed by atoms with van der Waals surface area (Å²) in [7, 11) is 0. The number of allylic oxidation sites excluding steroid dienone is 4. The van der Waals surface area contributed by atoms with Gasteiger partial charge >= 0.3 is 0 Å². The van der Waals surface area contributed by atoms with Gasteiger partial charge in [-0.05, 0) is 25.7 Å². The van der Waals surface area contributed by atoms with Crippen molar-refractivity contribution in [2.45, 2.75) is 46.0 Å². The Kier molecular flexibility index (Phi) is 3.41. The van der Waals surface area contributed by atoms with Gasteiger partial charge in [-0.25, -0.2) is 0 Å². The molecular formula is C11H18. The molecule has 0 N–H and O–H groups in total. The molecule has 0 aromatic rings. The van der Waals surface area contributed by atoms with Gasteiger partial charge < -0.3 is 0 Å². The first kappa shape index (κ1) is 8.58. The van der Waals surface area contributed by atoms with Crippen LogP contribution in [0.3, 0.4) is 0 Å². The molecule has 0 saturated heterocycles. The highest BCUT2D eigenvalue weighted by atomic mass is 14.1. The zero-order valence-corrected chi connectivity index (χ0v) is 7.69. The van der Waals surface area contributed by atoms with Gasteiger partial charge in [-0.1, -0.05) is 43.6 Å². The van der Waals surface area contributed by atoms with Crippen molar-refractivity contribution in [1.82, 2.24) is 0 Å². The first-order chi connectivity index (χ1) is 5.36. The van der Waals surface area contributed by atoms with Crippen LogP contribution in [0.1, 0.15) is 46.0 Å². The largest absolute Gasteiger partial charge is 0.0772 e. The second-order valence-electron chi connectivity index (χ2n) is 3.24. The summed E-state index contributed by atoms with van der Waals surface area (Å²) in [6, 6.07) is 0. The molecule has 0 atom stereocenters. The van der Waals surface area contributed by atoms with Crippen LogP contribution >= 0.6 is 0 Å². The fourth-order valence-corrected chi connectivity index (χ4v) is 1.44. The van der Waals surface area contributed by atoms with E-state index < -0.39 is 0 Å². The lowest BCUT2D eigenvalue weighted by Crippen LogP contribution is -1.75. The summed E-state index contributed by atoms with van der Waals surface area (Å²) >= 11 is 0. The van der Waals surface area contributed by atoms with Crippen LogP contribution in [0, 0.1) is 0 Å². The monoisotopic (exact) mass is 150 g/mol. The van der Waals surface area contributed by atoms with E-state index >= 15 is 0 Å². The standard InChI is InChI=1S/C11H18/c1-3-5-6-11-8-7-10(4-2)9-11/h8-9H,3-7H2,1-2H3. The van der Waals surface area contributed by atoms with Gasteiger partial charge in [0.15, 0.2) is 0 Å². The average Bonchev–Trinajstić information content (AvgIpc) is 2.48. The summed E-state index contributed by atoms with van der Waals surface area (Å²) in [4.78, 5) is 0. The van der Waals surface area contributed by atoms with Gasteiger partial charge in [-0.3, -0.25) is 0 Å². The summed E-state index contributed by atoms with van der Waals surface area (Å²) in [5.41, 5.74) is 3.18. The molecule has 0 heterocycles. The third kappa shape index (κ3) is 2.53. The molecule has 0 nitrogen and oxygen atoms in total. The smallest absolute Gasteiger partial charge is 0.0130 e. The third-order valence-corrected chi connectivity index (χ3v) is 2.29. The topological polar surface area (TPSA) is 0 Å². The van der Waals surface area contributed by atoms with Crippen LogP contribution in [-0.4, -0.2) is 0 Å². The van der Waals surface area contributed by atoms with Crippen molar-refractivity contribution in [2.24, 2.45) is 0 Å². The molecule has 0 saturated carbocycles. The number of unbranched alkanes of at least 4 members (excludes halogenated alkanes) is 1. The van der Waals surface area contributed by atoms with Crippen LogP contribution in [-0.2, 0) is 0 Å². The van der Waals surface area contributed by atoms with Crippen molar-refractivity contribution < 1.29 is 0 Å². The first-order valence-electron chi connectivity index (χ1n) is 4.75. The third-order valence-electron chi connectivity index (χ3n) is 2.29. The second-order valence-corrected chi connectivity index (χ2v) is 3.24. The summed E-state index contributed by atoms with van der Waals surface area (Å²) < 4.78 is 0. The zero-order valence-electron chi connectivity index (χ0n) is 7.69. The van der Waals surface area contributed by atoms with Crippen LogP contribution in [0.2, 0.25) is 0 Å². The van der Waals surface area contributed by atoms with Crippen molar-refractivity contribution in [3.63, 3.8) is 0 Å². The Labute approximate surface area is 70.0 Å². The Morgan fingerprint density at radius 1 is 1.36 bits per heavy atom. The van der Waals surface area contributed by atoms with Gasteiger partial charge in [0.1, 0.15) is 0 Å². The van der Waals surface area contributed by atoms with E-state index in [-0.39, 0.29) is 0 Å². The Balaban J connectivity index is 2.31. The number of rotatable bonds is 4. The molecule has 62 valence electrons. The van der Waals surface area contributed by atoms with Crippen LogP contribution < -0.4 is 0 Å². The van der Waals surface area contributed by atoms with Crippen LogP contribution in [0.5, 0.6) is 0 Å². The zero-order chi connectivity index (χ0) is 8.10. The normalized spacial score (nSPS) is 16.5. The maximum Gasteiger partial charge on any atom is -0.0130 e. The molecule has 11 heavy (non-hydrogen) atoms. The van der Waals surface area contributed by atoms with E-state index in [1.165, 1.54) is 32.1 Å². The Bertz CT molecular complexity index is 172. The quantitative estimate of drug-likeness (QED) is 0.571. The molecule has 1 aliphatic carbocycles. The maximum absolute atomic E-state index is 2.38. The van der Waals surface area contributed by atoms with E-state index in [0.29, 0.717) is 0 Å². The highest BCUT2D eigenvalue weighted by Crippen LogP contribution is 2.23. The highest BCUT2D eigenvalue weighted by Gasteiger charge is 2.03. The van der Waals surface area contributed by atoms with E-state index in [2.05, 4.69) is 26.0 Å². The second kappa shape index (κ2) is 4.38. The maximum atomic E-state index is 2.38. The van der Waals surface area contributed by atoms with Crippen molar-refractivity contribution >= 4 is 0 Å². The molecule has 0 bridgehead atoms. The molecular weight excluding hydrogens is 132 g/mol. The Morgan fingerprint density at radius 3 is 2.73 bits per heavy atom. The summed E-state index contributed by atoms with van der Waals surface area (Å²) in [6.45, 7) is 4.49. The molecule has 0 aromatic carbocycles. The lowest BCUT2D eigenvalue weighted by molar-refractivity contribution is 0.798. The lowest BCUT2D eigenvalue weighted by atomic mass is 10.1. The first-order valence-corrected chi connectivity index (χ1v) is 4.75. The minimum Gasteiger partial charge on any atom is -0.0772 e. The van der Waals surface area contributed by atoms with E-state index in [1.54, 1.807) is 11.1 Å². The van der Waals surface area contributed by atoms with Crippen LogP contribution in [0.4, 0.5) is 0 Å². The van der Waals surface area contributed by atoms with Crippen molar-refractivity contribution in [1.29, 1.82) is 0 Å². The Hall–Kier alpha value is -0.520. The summed E-state index contributed by atoms with van der Waals surface area (Å²) in [5, 5.41) is 0. The number of hydrogen-bond acceptors (Lipinski definition) is 0. The fourth-order valence-electron chi connectivity index (χ4n) is 1.44. The van der Waals surface area contributed by atoms with Gasteiger partial charge in [0.2, 0.25) is 0 Å². The summed E-state index contributed by atoms with van der Waals surface area (Å²) in [5.74, 6) is 0. The van der Waals surface area contributed by atoms with Crippen molar-refractivity contribution in [3.05, 3.63) is 23.3 Å². The molecule has 0 radical (unpaired) electrons. The van der Waals surface area contributed by atoms with Crippen molar-refractivity contribution in [2.75, 3.05) is 0 Å². The molecule has 0 aromatic heterocycles. The van der Waals surface area contributed by atoms with E-state index in [0.717, 1.165) is 0 Å². The number of hydrogen-bond donors (Lipinski definition) is 0. The molecule has 0 spiro atoms. The van der Waals surface area contributed by atoms with E-state index in [4.69, 9.17) is 0 Å². The molecule has 0 heteroatoms. The fraction of sp³-hybridized carbons (Fsp3) is 0.636. The minimum absolute atomic E-state index is 1.22. The molecule has 0 unspecified atom stereocenters. The van der Waals surface area contributed by atoms with Gasteiger partial charge in [-0.15, -0.1) is 0 Å². The highest BCUT2D eigenvalue weighted by molar-refractivity contribution is 5.32. The van der Waals surface area contributed by atoms with Crippen LogP contribution in [0.15, 0.2) is 23.3 Å². The predicted octanol–water partition coefficient (Wildman–Crippen LogP) is 3.84. The molecule has 0 aliphatic heterocycles. The molecule has 1 rings (SSSR count). The van der Waals surface area contributed by atoms with Gasteiger partial charge in [0.25, 0.3) is 0 Å². The summed E-state index contributed by atoms with van der Waals surface area (Å²) in [6.07, 6.45) is 11.2. The van der Waals surface area contributed by atoms with Gasteiger partial charge in [-0.2, -0.15) is 0 Å². The molecule has 1 aliphatic rings. The van der Waals surface area contributed by atoms with E-state index in [9.17, 15) is 0 Å². The van der Waals surface area contributed by atoms with Gasteiger partial charge in [0, 0.05) is 0 Å². The SMILES string of the molecule is CCCCC1=CCC(CC)=C1. The van der Waals surface area contributed by atoms with Crippen molar-refractivity contribution in [3.8, 4) is 0 Å². The molecule has 0 amide bonds. The Morgan fingerprint density at radius 2 is 2.18 bits per heavy atom. The predicted molar refractivity (Wildman–Crippen MR) is 50.6 cm³/mol. The van der Waals surface area contributed by atoms with Gasteiger partial charge in [0.05, 0.1) is 0 Å². The van der Waals surface area contributed by atoms with E-state index in [1.807, 2.05) is 0 Å². The van der Waals surface area contributed by atoms with Crippen LogP contribution in [0.25, 0.3) is 0 Å².